The van der Waals surface area contributed by atoms with Crippen molar-refractivity contribution in [2.45, 2.75) is 26.7 Å². The Hall–Kier alpha value is -2.08. The lowest BCUT2D eigenvalue weighted by atomic mass is 10.2. The molecule has 1 aromatic carbocycles. The number of carbonyl (C=O) groups is 3. The first-order chi connectivity index (χ1) is 11.6. The number of nitrogens with zero attached hydrogens (tertiary/aromatic N) is 2. The van der Waals surface area contributed by atoms with Crippen LogP contribution in [0, 0.1) is 0 Å². The van der Waals surface area contributed by atoms with E-state index in [1.807, 2.05) is 44.2 Å². The summed E-state index contributed by atoms with van der Waals surface area (Å²) in [5, 5.41) is -0.386. The van der Waals surface area contributed by atoms with Gasteiger partial charge in [-0.1, -0.05) is 44.2 Å². The average Bonchev–Trinajstić information content (AvgIpc) is 2.83. The lowest BCUT2D eigenvalue weighted by molar-refractivity contribution is -0.135. The first kappa shape index (κ1) is 18.3. The van der Waals surface area contributed by atoms with Crippen molar-refractivity contribution in [2.75, 3.05) is 19.6 Å². The van der Waals surface area contributed by atoms with Gasteiger partial charge in [0.15, 0.2) is 0 Å². The first-order valence-corrected chi connectivity index (χ1v) is 8.96. The van der Waals surface area contributed by atoms with Gasteiger partial charge in [-0.05, 0) is 36.2 Å². The van der Waals surface area contributed by atoms with E-state index in [9.17, 15) is 14.4 Å². The second-order valence-corrected chi connectivity index (χ2v) is 6.55. The van der Waals surface area contributed by atoms with Crippen molar-refractivity contribution < 1.29 is 14.4 Å². The predicted octanol–water partition coefficient (Wildman–Crippen LogP) is 3.37. The standard InChI is InChI=1S/C18H22N2O3S/c1-3-10-19(11-4-2)16(21)13-20-17(22)15(24-18(20)23)12-14-8-6-5-7-9-14/h5-9,12H,3-4,10-11,13H2,1-2H3/b15-12+. The molecule has 1 aliphatic rings. The van der Waals surface area contributed by atoms with Gasteiger partial charge in [-0.2, -0.15) is 0 Å². The normalized spacial score (nSPS) is 16.1. The number of carbonyl (C=O) groups excluding carboxylic acids is 3. The van der Waals surface area contributed by atoms with Gasteiger partial charge in [0, 0.05) is 13.1 Å². The highest BCUT2D eigenvalue weighted by Crippen LogP contribution is 2.32. The molecular formula is C18H22N2O3S. The molecule has 5 nitrogen and oxygen atoms in total. The van der Waals surface area contributed by atoms with Crippen LogP contribution < -0.4 is 0 Å². The lowest BCUT2D eigenvalue weighted by Crippen LogP contribution is -2.42. The van der Waals surface area contributed by atoms with Crippen molar-refractivity contribution in [3.05, 3.63) is 40.8 Å². The fourth-order valence-corrected chi connectivity index (χ4v) is 3.31. The molecule has 24 heavy (non-hydrogen) atoms. The van der Waals surface area contributed by atoms with Gasteiger partial charge >= 0.3 is 0 Å². The molecule has 1 aromatic rings. The van der Waals surface area contributed by atoms with Crippen molar-refractivity contribution >= 4 is 34.9 Å². The zero-order valence-electron chi connectivity index (χ0n) is 14.0. The number of hydrogen-bond donors (Lipinski definition) is 0. The molecule has 1 fully saturated rings. The van der Waals surface area contributed by atoms with Crippen LogP contribution in [0.25, 0.3) is 6.08 Å². The summed E-state index contributed by atoms with van der Waals surface area (Å²) < 4.78 is 0. The van der Waals surface area contributed by atoms with Crippen LogP contribution in [0.3, 0.4) is 0 Å². The molecule has 0 spiro atoms. The van der Waals surface area contributed by atoms with E-state index in [0.717, 1.165) is 35.1 Å². The van der Waals surface area contributed by atoms with Crippen LogP contribution in [-0.4, -0.2) is 46.5 Å². The first-order valence-electron chi connectivity index (χ1n) is 8.15. The highest BCUT2D eigenvalue weighted by molar-refractivity contribution is 8.18. The maximum atomic E-state index is 12.4. The van der Waals surface area contributed by atoms with Gasteiger partial charge in [-0.25, -0.2) is 0 Å². The molecule has 1 heterocycles. The van der Waals surface area contributed by atoms with Crippen LogP contribution in [0.2, 0.25) is 0 Å². The number of imide groups is 1. The summed E-state index contributed by atoms with van der Waals surface area (Å²) in [6.45, 7) is 5.10. The Morgan fingerprint density at radius 1 is 1.12 bits per heavy atom. The molecule has 2 rings (SSSR count). The number of thioether (sulfide) groups is 1. The molecule has 0 radical (unpaired) electrons. The Morgan fingerprint density at radius 3 is 2.33 bits per heavy atom. The predicted molar refractivity (Wildman–Crippen MR) is 96.3 cm³/mol. The van der Waals surface area contributed by atoms with Crippen molar-refractivity contribution in [1.29, 1.82) is 0 Å². The zero-order valence-corrected chi connectivity index (χ0v) is 14.8. The summed E-state index contributed by atoms with van der Waals surface area (Å²) in [6.07, 6.45) is 3.38. The molecule has 0 N–H and O–H groups in total. The maximum Gasteiger partial charge on any atom is 0.294 e. The fourth-order valence-electron chi connectivity index (χ4n) is 2.47. The summed E-state index contributed by atoms with van der Waals surface area (Å²) in [5.41, 5.74) is 0.855. The van der Waals surface area contributed by atoms with E-state index >= 15 is 0 Å². The molecule has 0 aliphatic carbocycles. The van der Waals surface area contributed by atoms with E-state index in [4.69, 9.17) is 0 Å². The van der Waals surface area contributed by atoms with E-state index in [2.05, 4.69) is 0 Å². The van der Waals surface area contributed by atoms with Crippen LogP contribution in [-0.2, 0) is 9.59 Å². The quantitative estimate of drug-likeness (QED) is 0.710. The average molecular weight is 346 g/mol. The minimum Gasteiger partial charge on any atom is -0.341 e. The van der Waals surface area contributed by atoms with Crippen LogP contribution in [0.1, 0.15) is 32.3 Å². The molecule has 0 unspecified atom stereocenters. The van der Waals surface area contributed by atoms with E-state index in [1.165, 1.54) is 0 Å². The maximum absolute atomic E-state index is 12.4. The summed E-state index contributed by atoms with van der Waals surface area (Å²) in [4.78, 5) is 40.1. The second-order valence-electron chi connectivity index (χ2n) is 5.56. The Morgan fingerprint density at radius 2 is 1.75 bits per heavy atom. The lowest BCUT2D eigenvalue weighted by Gasteiger charge is -2.23. The molecule has 0 saturated carbocycles. The van der Waals surface area contributed by atoms with Crippen LogP contribution in [0.15, 0.2) is 35.2 Å². The molecular weight excluding hydrogens is 324 g/mol. The SMILES string of the molecule is CCCN(CCC)C(=O)CN1C(=O)S/C(=C/c2ccccc2)C1=O. The molecule has 0 aromatic heterocycles. The van der Waals surface area contributed by atoms with E-state index < -0.39 is 5.91 Å². The summed E-state index contributed by atoms with van der Waals surface area (Å²) in [5.74, 6) is -0.572. The van der Waals surface area contributed by atoms with Crippen LogP contribution in [0.5, 0.6) is 0 Å². The zero-order chi connectivity index (χ0) is 17.5. The third-order valence-electron chi connectivity index (χ3n) is 3.60. The molecule has 0 atom stereocenters. The largest absolute Gasteiger partial charge is 0.341 e. The Kier molecular flexibility index (Phi) is 6.61. The van der Waals surface area contributed by atoms with Gasteiger partial charge in [0.05, 0.1) is 4.91 Å². The highest BCUT2D eigenvalue weighted by Gasteiger charge is 2.36. The van der Waals surface area contributed by atoms with E-state index in [0.29, 0.717) is 18.0 Å². The van der Waals surface area contributed by atoms with Gasteiger partial charge < -0.3 is 4.90 Å². The summed E-state index contributed by atoms with van der Waals surface area (Å²) >= 11 is 0.885. The minimum atomic E-state index is -0.393. The van der Waals surface area contributed by atoms with Crippen LogP contribution >= 0.6 is 11.8 Å². The van der Waals surface area contributed by atoms with Gasteiger partial charge in [-0.15, -0.1) is 0 Å². The number of rotatable bonds is 7. The number of benzene rings is 1. The molecule has 0 bridgehead atoms. The number of amides is 3. The number of hydrogen-bond acceptors (Lipinski definition) is 4. The minimum absolute atomic E-state index is 0.179. The van der Waals surface area contributed by atoms with Crippen molar-refractivity contribution in [3.63, 3.8) is 0 Å². The molecule has 128 valence electrons. The van der Waals surface area contributed by atoms with Gasteiger partial charge in [0.2, 0.25) is 5.91 Å². The van der Waals surface area contributed by atoms with Crippen LogP contribution in [0.4, 0.5) is 4.79 Å². The van der Waals surface area contributed by atoms with Gasteiger partial charge in [0.25, 0.3) is 11.1 Å². The summed E-state index contributed by atoms with van der Waals surface area (Å²) in [7, 11) is 0. The third kappa shape index (κ3) is 4.47. The fraction of sp³-hybridized carbons (Fsp3) is 0.389. The van der Waals surface area contributed by atoms with Crippen molar-refractivity contribution in [3.8, 4) is 0 Å². The Balaban J connectivity index is 2.09. The second kappa shape index (κ2) is 8.68. The Bertz CT molecular complexity index is 637. The van der Waals surface area contributed by atoms with Gasteiger partial charge in [-0.3, -0.25) is 19.3 Å². The Labute approximate surface area is 146 Å². The molecule has 3 amide bonds. The smallest absolute Gasteiger partial charge is 0.294 e. The van der Waals surface area contributed by atoms with E-state index in [-0.39, 0.29) is 17.7 Å². The monoisotopic (exact) mass is 346 g/mol. The van der Waals surface area contributed by atoms with E-state index in [1.54, 1.807) is 11.0 Å². The van der Waals surface area contributed by atoms with Crippen molar-refractivity contribution in [2.24, 2.45) is 0 Å². The highest BCUT2D eigenvalue weighted by atomic mass is 32.2. The topological polar surface area (TPSA) is 57.7 Å². The van der Waals surface area contributed by atoms with Crippen molar-refractivity contribution in [1.82, 2.24) is 9.80 Å². The molecule has 1 aliphatic heterocycles. The summed E-state index contributed by atoms with van der Waals surface area (Å²) in [6, 6.07) is 9.35. The molecule has 1 saturated heterocycles. The third-order valence-corrected chi connectivity index (χ3v) is 4.51. The van der Waals surface area contributed by atoms with Gasteiger partial charge in [0.1, 0.15) is 6.54 Å². The molecule has 6 heteroatoms.